The zero-order valence-corrected chi connectivity index (χ0v) is 10.6. The molecule has 0 spiro atoms. The average molecular weight is 253 g/mol. The van der Waals surface area contributed by atoms with Crippen molar-refractivity contribution in [3.8, 4) is 0 Å². The number of aromatic nitrogens is 1. The number of nitrogens with zero attached hydrogens (tertiary/aromatic N) is 2. The molecule has 0 saturated carbocycles. The number of hydrogen-bond acceptors (Lipinski definition) is 4. The van der Waals surface area contributed by atoms with Gasteiger partial charge in [0.15, 0.2) is 0 Å². The van der Waals surface area contributed by atoms with Crippen molar-refractivity contribution in [2.75, 3.05) is 19.6 Å². The first-order chi connectivity index (χ1) is 8.56. The second-order valence-corrected chi connectivity index (χ2v) is 5.11. The third-order valence-electron chi connectivity index (χ3n) is 3.50. The Morgan fingerprint density at radius 1 is 1.61 bits per heavy atom. The van der Waals surface area contributed by atoms with Crippen LogP contribution in [-0.4, -0.2) is 40.7 Å². The van der Waals surface area contributed by atoms with Gasteiger partial charge in [0.1, 0.15) is 5.82 Å². The van der Waals surface area contributed by atoms with Gasteiger partial charge in [-0.3, -0.25) is 4.98 Å². The Labute approximate surface area is 107 Å². The molecule has 5 heteroatoms. The topological polar surface area (TPSA) is 62.4 Å². The molecule has 1 aliphatic heterocycles. The summed E-state index contributed by atoms with van der Waals surface area (Å²) in [6.45, 7) is 4.51. The van der Waals surface area contributed by atoms with E-state index < -0.39 is 0 Å². The van der Waals surface area contributed by atoms with Crippen LogP contribution >= 0.6 is 0 Å². The molecule has 0 bridgehead atoms. The fraction of sp³-hybridized carbons (Fsp3) is 0.615. The molecule has 2 heterocycles. The minimum Gasteiger partial charge on any atom is -0.392 e. The molecule has 1 aliphatic rings. The number of likely N-dealkylation sites (tertiary alicyclic amines) is 1. The molecular weight excluding hydrogens is 233 g/mol. The predicted octanol–water partition coefficient (Wildman–Crippen LogP) is 0.923. The largest absolute Gasteiger partial charge is 0.392 e. The first-order valence-electron chi connectivity index (χ1n) is 6.33. The lowest BCUT2D eigenvalue weighted by atomic mass is 9.99. The first kappa shape index (κ1) is 13.4. The van der Waals surface area contributed by atoms with Crippen LogP contribution in [0.25, 0.3) is 0 Å². The van der Waals surface area contributed by atoms with Crippen molar-refractivity contribution in [2.24, 2.45) is 11.7 Å². The van der Waals surface area contributed by atoms with E-state index in [1.807, 2.05) is 0 Å². The molecule has 3 N–H and O–H groups in total. The highest BCUT2D eigenvalue weighted by Crippen LogP contribution is 2.20. The highest BCUT2D eigenvalue weighted by atomic mass is 19.1. The number of halogens is 1. The SMILES string of the molecule is CC(CN1CCC(O)C1)C(N)c1ccc(F)cn1. The van der Waals surface area contributed by atoms with Gasteiger partial charge >= 0.3 is 0 Å². The molecule has 4 nitrogen and oxygen atoms in total. The van der Waals surface area contributed by atoms with Gasteiger partial charge in [-0.15, -0.1) is 0 Å². The molecule has 1 aromatic heterocycles. The van der Waals surface area contributed by atoms with Crippen LogP contribution in [0.4, 0.5) is 4.39 Å². The summed E-state index contributed by atoms with van der Waals surface area (Å²) in [5.74, 6) is -0.130. The van der Waals surface area contributed by atoms with Crippen LogP contribution < -0.4 is 5.73 Å². The molecule has 0 aromatic carbocycles. The Hall–Kier alpha value is -1.04. The van der Waals surface area contributed by atoms with Gasteiger partial charge in [-0.05, 0) is 24.5 Å². The van der Waals surface area contributed by atoms with Crippen molar-refractivity contribution in [1.29, 1.82) is 0 Å². The normalized spacial score (nSPS) is 24.1. The molecule has 2 rings (SSSR count). The van der Waals surface area contributed by atoms with Gasteiger partial charge in [0.25, 0.3) is 0 Å². The maximum atomic E-state index is 12.8. The van der Waals surface area contributed by atoms with E-state index in [2.05, 4.69) is 16.8 Å². The van der Waals surface area contributed by atoms with Crippen LogP contribution in [0, 0.1) is 11.7 Å². The molecule has 18 heavy (non-hydrogen) atoms. The summed E-state index contributed by atoms with van der Waals surface area (Å²) in [4.78, 5) is 6.23. The minimum absolute atomic E-state index is 0.205. The molecule has 3 unspecified atom stereocenters. The number of aliphatic hydroxyl groups is 1. The Balaban J connectivity index is 1.92. The molecule has 0 amide bonds. The van der Waals surface area contributed by atoms with Crippen molar-refractivity contribution < 1.29 is 9.50 Å². The molecule has 1 aromatic rings. The van der Waals surface area contributed by atoms with E-state index in [-0.39, 0.29) is 23.9 Å². The number of β-amino-alcohol motifs (C(OH)–C–C–N with tert-alkyl or cyclic N) is 1. The second kappa shape index (κ2) is 5.73. The van der Waals surface area contributed by atoms with E-state index in [0.29, 0.717) is 12.2 Å². The van der Waals surface area contributed by atoms with Crippen molar-refractivity contribution in [3.05, 3.63) is 29.8 Å². The summed E-state index contributed by atoms with van der Waals surface area (Å²) >= 11 is 0. The molecule has 1 saturated heterocycles. The quantitative estimate of drug-likeness (QED) is 0.837. The van der Waals surface area contributed by atoms with E-state index in [1.165, 1.54) is 12.3 Å². The summed E-state index contributed by atoms with van der Waals surface area (Å²) in [5, 5.41) is 9.47. The van der Waals surface area contributed by atoms with Gasteiger partial charge in [-0.25, -0.2) is 4.39 Å². The Bertz CT molecular complexity index is 384. The Morgan fingerprint density at radius 2 is 2.39 bits per heavy atom. The fourth-order valence-electron chi connectivity index (χ4n) is 2.37. The average Bonchev–Trinajstić information content (AvgIpc) is 2.75. The lowest BCUT2D eigenvalue weighted by Crippen LogP contribution is -2.33. The van der Waals surface area contributed by atoms with Gasteiger partial charge in [-0.2, -0.15) is 0 Å². The standard InChI is InChI=1S/C13H20FN3O/c1-9(7-17-5-4-11(18)8-17)13(15)12-3-2-10(14)6-16-12/h2-3,6,9,11,13,18H,4-5,7-8,15H2,1H3. The lowest BCUT2D eigenvalue weighted by Gasteiger charge is -2.24. The number of nitrogens with two attached hydrogens (primary N) is 1. The highest BCUT2D eigenvalue weighted by molar-refractivity contribution is 5.10. The highest BCUT2D eigenvalue weighted by Gasteiger charge is 2.24. The van der Waals surface area contributed by atoms with Gasteiger partial charge in [-0.1, -0.05) is 6.92 Å². The first-order valence-corrected chi connectivity index (χ1v) is 6.33. The minimum atomic E-state index is -0.346. The van der Waals surface area contributed by atoms with E-state index in [1.54, 1.807) is 6.07 Å². The third kappa shape index (κ3) is 3.25. The summed E-state index contributed by atoms with van der Waals surface area (Å²) in [6, 6.07) is 2.81. The third-order valence-corrected chi connectivity index (χ3v) is 3.50. The van der Waals surface area contributed by atoms with Crippen molar-refractivity contribution in [2.45, 2.75) is 25.5 Å². The van der Waals surface area contributed by atoms with Crippen LogP contribution in [0.1, 0.15) is 25.1 Å². The second-order valence-electron chi connectivity index (χ2n) is 5.11. The van der Waals surface area contributed by atoms with Crippen molar-refractivity contribution in [3.63, 3.8) is 0 Å². The fourth-order valence-corrected chi connectivity index (χ4v) is 2.37. The van der Waals surface area contributed by atoms with E-state index in [4.69, 9.17) is 5.73 Å². The van der Waals surface area contributed by atoms with E-state index in [9.17, 15) is 9.50 Å². The predicted molar refractivity (Wildman–Crippen MR) is 67.4 cm³/mol. The van der Waals surface area contributed by atoms with Gasteiger partial charge < -0.3 is 15.7 Å². The van der Waals surface area contributed by atoms with E-state index in [0.717, 1.165) is 19.5 Å². The van der Waals surface area contributed by atoms with Crippen molar-refractivity contribution in [1.82, 2.24) is 9.88 Å². The lowest BCUT2D eigenvalue weighted by molar-refractivity contribution is 0.168. The van der Waals surface area contributed by atoms with Crippen LogP contribution in [0.15, 0.2) is 18.3 Å². The summed E-state index contributed by atoms with van der Waals surface area (Å²) in [5.41, 5.74) is 6.84. The molecular formula is C13H20FN3O. The molecule has 100 valence electrons. The number of aliphatic hydroxyl groups excluding tert-OH is 1. The van der Waals surface area contributed by atoms with Crippen molar-refractivity contribution >= 4 is 0 Å². The van der Waals surface area contributed by atoms with Crippen LogP contribution in [0.5, 0.6) is 0 Å². The summed E-state index contributed by atoms with van der Waals surface area (Å²) in [6.07, 6.45) is 1.82. The Morgan fingerprint density at radius 3 is 2.94 bits per heavy atom. The smallest absolute Gasteiger partial charge is 0.141 e. The zero-order valence-electron chi connectivity index (χ0n) is 10.6. The molecule has 3 atom stereocenters. The monoisotopic (exact) mass is 253 g/mol. The van der Waals surface area contributed by atoms with Crippen LogP contribution in [0.2, 0.25) is 0 Å². The number of rotatable bonds is 4. The summed E-state index contributed by atoms with van der Waals surface area (Å²) < 4.78 is 12.8. The van der Waals surface area contributed by atoms with Gasteiger partial charge in [0, 0.05) is 19.6 Å². The van der Waals surface area contributed by atoms with Crippen LogP contribution in [-0.2, 0) is 0 Å². The van der Waals surface area contributed by atoms with Crippen LogP contribution in [0.3, 0.4) is 0 Å². The molecule has 0 aliphatic carbocycles. The summed E-state index contributed by atoms with van der Waals surface area (Å²) in [7, 11) is 0. The Kier molecular flexibility index (Phi) is 4.27. The maximum absolute atomic E-state index is 12.8. The maximum Gasteiger partial charge on any atom is 0.141 e. The molecule has 0 radical (unpaired) electrons. The van der Waals surface area contributed by atoms with Gasteiger partial charge in [0.2, 0.25) is 0 Å². The zero-order chi connectivity index (χ0) is 13.1. The number of pyridine rings is 1. The molecule has 1 fully saturated rings. The van der Waals surface area contributed by atoms with E-state index >= 15 is 0 Å². The van der Waals surface area contributed by atoms with Gasteiger partial charge in [0.05, 0.1) is 24.0 Å². The number of hydrogen-bond donors (Lipinski definition) is 2.